The maximum atomic E-state index is 2.42. The molecule has 0 bridgehead atoms. The molecule has 0 radical (unpaired) electrons. The highest BCUT2D eigenvalue weighted by atomic mass is 127. The third-order valence-electron chi connectivity index (χ3n) is 1.11. The van der Waals surface area contributed by atoms with Crippen molar-refractivity contribution < 1.29 is 0 Å². The van der Waals surface area contributed by atoms with Crippen LogP contribution in [0.3, 0.4) is 0 Å². The molecular formula is C7H8IP. The average molecular weight is 250 g/mol. The first-order valence-corrected chi connectivity index (χ1v) is 7.13. The van der Waals surface area contributed by atoms with Gasteiger partial charge in [-0.1, -0.05) is 58.6 Å². The summed E-state index contributed by atoms with van der Waals surface area (Å²) in [7, 11) is 0. The van der Waals surface area contributed by atoms with Crippen LogP contribution in [-0.4, -0.2) is 0 Å². The lowest BCUT2D eigenvalue weighted by atomic mass is 10.2. The highest BCUT2D eigenvalue weighted by Gasteiger charge is 1.85. The SMILES string of the molecule is IPCc1ccccc1. The summed E-state index contributed by atoms with van der Waals surface area (Å²) in [6.45, 7) is 0. The monoisotopic (exact) mass is 250 g/mol. The fourth-order valence-corrected chi connectivity index (χ4v) is 2.38. The van der Waals surface area contributed by atoms with Crippen LogP contribution in [0.1, 0.15) is 5.56 Å². The van der Waals surface area contributed by atoms with Crippen molar-refractivity contribution in [1.29, 1.82) is 0 Å². The molecule has 0 aliphatic rings. The molecule has 0 saturated heterocycles. The summed E-state index contributed by atoms with van der Waals surface area (Å²) in [5.74, 6) is 0. The van der Waals surface area contributed by atoms with E-state index >= 15 is 0 Å². The van der Waals surface area contributed by atoms with Crippen LogP contribution >= 0.6 is 28.3 Å². The van der Waals surface area contributed by atoms with Crippen molar-refractivity contribution in [3.05, 3.63) is 35.9 Å². The van der Waals surface area contributed by atoms with Gasteiger partial charge in [-0.25, -0.2) is 0 Å². The van der Waals surface area contributed by atoms with E-state index < -0.39 is 0 Å². The van der Waals surface area contributed by atoms with Crippen molar-refractivity contribution in [3.63, 3.8) is 0 Å². The molecule has 0 aliphatic carbocycles. The van der Waals surface area contributed by atoms with Gasteiger partial charge in [0, 0.05) is 0 Å². The van der Waals surface area contributed by atoms with Crippen LogP contribution in [0.4, 0.5) is 0 Å². The minimum atomic E-state index is 1.01. The van der Waals surface area contributed by atoms with Crippen molar-refractivity contribution in [3.8, 4) is 0 Å². The largest absolute Gasteiger partial charge is 0.0622 e. The van der Waals surface area contributed by atoms with E-state index in [1.165, 1.54) is 11.7 Å². The Balaban J connectivity index is 2.61. The molecule has 2 heteroatoms. The zero-order valence-corrected chi connectivity index (χ0v) is 8.13. The van der Waals surface area contributed by atoms with E-state index in [-0.39, 0.29) is 0 Å². The molecule has 0 aliphatic heterocycles. The minimum absolute atomic E-state index is 1.01. The first kappa shape index (κ1) is 7.49. The quantitative estimate of drug-likeness (QED) is 0.558. The summed E-state index contributed by atoms with van der Waals surface area (Å²) >= 11 is 2.42. The fraction of sp³-hybridized carbons (Fsp3) is 0.143. The summed E-state index contributed by atoms with van der Waals surface area (Å²) in [5, 5.41) is 0. The van der Waals surface area contributed by atoms with Crippen LogP contribution in [0.15, 0.2) is 30.3 Å². The van der Waals surface area contributed by atoms with Gasteiger partial charge in [-0.05, 0) is 11.7 Å². The summed E-state index contributed by atoms with van der Waals surface area (Å²) in [5.41, 5.74) is 1.45. The van der Waals surface area contributed by atoms with Gasteiger partial charge in [0.15, 0.2) is 0 Å². The van der Waals surface area contributed by atoms with E-state index in [2.05, 4.69) is 52.4 Å². The topological polar surface area (TPSA) is 0 Å². The molecule has 1 rings (SSSR count). The number of hydrogen-bond acceptors (Lipinski definition) is 0. The Bertz CT molecular complexity index is 162. The van der Waals surface area contributed by atoms with Crippen molar-refractivity contribution in [2.24, 2.45) is 0 Å². The minimum Gasteiger partial charge on any atom is -0.0622 e. The van der Waals surface area contributed by atoms with Crippen LogP contribution in [0.5, 0.6) is 0 Å². The van der Waals surface area contributed by atoms with Crippen molar-refractivity contribution in [1.82, 2.24) is 0 Å². The van der Waals surface area contributed by atoms with E-state index in [9.17, 15) is 0 Å². The smallest absolute Gasteiger partial charge is 0.000990 e. The predicted molar refractivity (Wildman–Crippen MR) is 52.5 cm³/mol. The molecule has 0 N–H and O–H groups in total. The van der Waals surface area contributed by atoms with Crippen molar-refractivity contribution in [2.75, 3.05) is 0 Å². The zero-order valence-electron chi connectivity index (χ0n) is 4.97. The van der Waals surface area contributed by atoms with Gasteiger partial charge in [0.25, 0.3) is 0 Å². The number of hydrogen-bond donors (Lipinski definition) is 0. The molecule has 0 heterocycles. The molecule has 1 aromatic carbocycles. The number of halogens is 1. The standard InChI is InChI=1S/C7H8IP/c8-9-6-7-4-2-1-3-5-7/h1-5,9H,6H2. The van der Waals surface area contributed by atoms with Crippen LogP contribution in [0.25, 0.3) is 0 Å². The van der Waals surface area contributed by atoms with Gasteiger partial charge in [0.1, 0.15) is 0 Å². The van der Waals surface area contributed by atoms with Crippen LogP contribution in [0, 0.1) is 0 Å². The first-order chi connectivity index (χ1) is 4.43. The Morgan fingerprint density at radius 1 is 1.22 bits per heavy atom. The molecule has 0 amide bonds. The molecule has 1 unspecified atom stereocenters. The lowest BCUT2D eigenvalue weighted by Crippen LogP contribution is -1.72. The Morgan fingerprint density at radius 2 is 1.89 bits per heavy atom. The van der Waals surface area contributed by atoms with E-state index in [1.54, 1.807) is 0 Å². The van der Waals surface area contributed by atoms with Gasteiger partial charge in [-0.2, -0.15) is 0 Å². The average Bonchev–Trinajstić information content (AvgIpc) is 1.91. The van der Waals surface area contributed by atoms with Gasteiger partial charge in [-0.15, -0.1) is 0 Å². The second-order valence-electron chi connectivity index (χ2n) is 1.80. The van der Waals surface area contributed by atoms with E-state index in [0.29, 0.717) is 0 Å². The maximum absolute atomic E-state index is 2.42. The van der Waals surface area contributed by atoms with Gasteiger partial charge in [-0.3, -0.25) is 0 Å². The summed E-state index contributed by atoms with van der Waals surface area (Å²) in [4.78, 5) is 0. The molecule has 0 fully saturated rings. The van der Waals surface area contributed by atoms with E-state index in [1.807, 2.05) is 0 Å². The van der Waals surface area contributed by atoms with Gasteiger partial charge in [0.2, 0.25) is 0 Å². The summed E-state index contributed by atoms with van der Waals surface area (Å²) < 4.78 is 0. The molecule has 1 atom stereocenters. The molecule has 0 saturated carbocycles. The van der Waals surface area contributed by atoms with Crippen LogP contribution < -0.4 is 0 Å². The zero-order chi connectivity index (χ0) is 6.53. The highest BCUT2D eigenvalue weighted by molar-refractivity contribution is 14.2. The van der Waals surface area contributed by atoms with Gasteiger partial charge >= 0.3 is 0 Å². The van der Waals surface area contributed by atoms with E-state index in [0.717, 1.165) is 6.22 Å². The number of benzene rings is 1. The van der Waals surface area contributed by atoms with Crippen molar-refractivity contribution >= 4 is 28.3 Å². The molecule has 9 heavy (non-hydrogen) atoms. The number of rotatable bonds is 2. The Hall–Kier alpha value is 0.380. The third-order valence-corrected chi connectivity index (χ3v) is 2.80. The lowest BCUT2D eigenvalue weighted by Gasteiger charge is -1.93. The van der Waals surface area contributed by atoms with E-state index in [4.69, 9.17) is 0 Å². The molecular weight excluding hydrogens is 242 g/mol. The molecule has 1 aromatic rings. The van der Waals surface area contributed by atoms with Crippen LogP contribution in [-0.2, 0) is 6.16 Å². The Kier molecular flexibility index (Phi) is 3.52. The lowest BCUT2D eigenvalue weighted by molar-refractivity contribution is 1.42. The summed E-state index contributed by atoms with van der Waals surface area (Å²) in [6.07, 6.45) is 2.23. The first-order valence-electron chi connectivity index (χ1n) is 2.81. The Labute approximate surface area is 70.3 Å². The Morgan fingerprint density at radius 3 is 2.44 bits per heavy atom. The highest BCUT2D eigenvalue weighted by Crippen LogP contribution is 2.25. The van der Waals surface area contributed by atoms with Gasteiger partial charge < -0.3 is 0 Å². The summed E-state index contributed by atoms with van der Waals surface area (Å²) in [6, 6.07) is 10.6. The second-order valence-corrected chi connectivity index (χ2v) is 4.71. The molecule has 0 spiro atoms. The molecule has 0 aromatic heterocycles. The maximum Gasteiger partial charge on any atom is -0.000990 e. The van der Waals surface area contributed by atoms with Gasteiger partial charge in [0.05, 0.1) is 0 Å². The van der Waals surface area contributed by atoms with Crippen LogP contribution in [0.2, 0.25) is 0 Å². The fourth-order valence-electron chi connectivity index (χ4n) is 0.673. The molecule has 0 nitrogen and oxygen atoms in total. The predicted octanol–water partition coefficient (Wildman–Crippen LogP) is 3.22. The third kappa shape index (κ3) is 2.63. The normalized spacial score (nSPS) is 10.8. The second kappa shape index (κ2) is 4.24. The van der Waals surface area contributed by atoms with Crippen molar-refractivity contribution in [2.45, 2.75) is 6.16 Å². The molecule has 48 valence electrons.